The predicted octanol–water partition coefficient (Wildman–Crippen LogP) is 3.89. The van der Waals surface area contributed by atoms with E-state index in [1.807, 2.05) is 0 Å². The zero-order valence-electron chi connectivity index (χ0n) is 15.0. The summed E-state index contributed by atoms with van der Waals surface area (Å²) in [6.45, 7) is 2.00. The van der Waals surface area contributed by atoms with E-state index >= 15 is 0 Å². The molecule has 0 aliphatic carbocycles. The molecule has 0 amide bonds. The number of nitrogens with one attached hydrogen (secondary N) is 1. The number of benzene rings is 2. The fourth-order valence-electron chi connectivity index (χ4n) is 2.97. The number of halogens is 2. The molecule has 1 heterocycles. The van der Waals surface area contributed by atoms with Gasteiger partial charge in [0.05, 0.1) is 5.75 Å². The van der Waals surface area contributed by atoms with Crippen molar-refractivity contribution in [2.45, 2.75) is 24.7 Å². The summed E-state index contributed by atoms with van der Waals surface area (Å²) in [5.74, 6) is -0.480. The Kier molecular flexibility index (Phi) is 6.24. The molecule has 1 aliphatic rings. The van der Waals surface area contributed by atoms with Gasteiger partial charge in [0.15, 0.2) is 0 Å². The van der Waals surface area contributed by atoms with Crippen LogP contribution in [-0.4, -0.2) is 39.6 Å². The molecule has 2 aromatic carbocycles. The van der Waals surface area contributed by atoms with Gasteiger partial charge in [-0.2, -0.15) is 0 Å². The second kappa shape index (κ2) is 8.46. The number of piperidine rings is 1. The van der Waals surface area contributed by atoms with E-state index in [2.05, 4.69) is 16.7 Å². The highest BCUT2D eigenvalue weighted by atomic mass is 35.5. The van der Waals surface area contributed by atoms with E-state index in [9.17, 15) is 12.8 Å². The number of anilines is 1. The van der Waals surface area contributed by atoms with Crippen molar-refractivity contribution in [3.05, 3.63) is 58.9 Å². The summed E-state index contributed by atoms with van der Waals surface area (Å²) in [6, 6.07) is 10.8. The zero-order valence-corrected chi connectivity index (χ0v) is 16.6. The minimum atomic E-state index is -3.80. The van der Waals surface area contributed by atoms with Gasteiger partial charge in [-0.25, -0.2) is 12.8 Å². The van der Waals surface area contributed by atoms with E-state index < -0.39 is 21.6 Å². The molecular formula is C19H22ClFN2O3S. The van der Waals surface area contributed by atoms with Gasteiger partial charge in [0.25, 0.3) is 0 Å². The molecular weight excluding hydrogens is 391 g/mol. The molecule has 0 radical (unpaired) electrons. The molecule has 1 N–H and O–H groups in total. The summed E-state index contributed by atoms with van der Waals surface area (Å²) in [6.07, 6.45) is 2.11. The molecule has 0 spiro atoms. The average Bonchev–Trinajstić information content (AvgIpc) is 2.62. The third kappa shape index (κ3) is 5.57. The Morgan fingerprint density at radius 3 is 2.48 bits per heavy atom. The van der Waals surface area contributed by atoms with E-state index in [1.54, 1.807) is 24.3 Å². The summed E-state index contributed by atoms with van der Waals surface area (Å²) < 4.78 is 46.9. The van der Waals surface area contributed by atoms with Crippen molar-refractivity contribution >= 4 is 27.3 Å². The lowest BCUT2D eigenvalue weighted by atomic mass is 10.1. The Morgan fingerprint density at radius 2 is 1.85 bits per heavy atom. The van der Waals surface area contributed by atoms with Crippen molar-refractivity contribution in [2.24, 2.45) is 0 Å². The lowest BCUT2D eigenvalue weighted by molar-refractivity contribution is 0.114. The molecule has 0 saturated carbocycles. The van der Waals surface area contributed by atoms with Crippen LogP contribution in [0.1, 0.15) is 18.4 Å². The minimum Gasteiger partial charge on any atom is -0.490 e. The van der Waals surface area contributed by atoms with Gasteiger partial charge in [-0.1, -0.05) is 17.7 Å². The van der Waals surface area contributed by atoms with Crippen LogP contribution in [0, 0.1) is 5.82 Å². The van der Waals surface area contributed by atoms with Gasteiger partial charge >= 0.3 is 0 Å². The van der Waals surface area contributed by atoms with Crippen LogP contribution in [0.2, 0.25) is 5.02 Å². The molecule has 3 rings (SSSR count). The molecule has 1 fully saturated rings. The third-order valence-electron chi connectivity index (χ3n) is 4.49. The lowest BCUT2D eigenvalue weighted by Gasteiger charge is -2.29. The maximum absolute atomic E-state index is 13.8. The van der Waals surface area contributed by atoms with Crippen molar-refractivity contribution in [3.63, 3.8) is 0 Å². The monoisotopic (exact) mass is 412 g/mol. The van der Waals surface area contributed by atoms with Crippen molar-refractivity contribution in [3.8, 4) is 5.75 Å². The summed E-state index contributed by atoms with van der Waals surface area (Å²) in [5.41, 5.74) is 0.340. The standard InChI is InChI=1S/C19H22ClFN2O3S/c1-23-11-9-16(10-12-23)26-15-7-5-14(6-8-15)22-27(24,25)13-17-18(20)3-2-4-19(17)21/h2-8,16,22H,9-13H2,1H3. The molecule has 0 bridgehead atoms. The third-order valence-corrected chi connectivity index (χ3v) is 6.06. The summed E-state index contributed by atoms with van der Waals surface area (Å²) in [7, 11) is -1.71. The fourth-order valence-corrected chi connectivity index (χ4v) is 4.52. The number of sulfonamides is 1. The molecule has 1 saturated heterocycles. The molecule has 0 unspecified atom stereocenters. The quantitative estimate of drug-likeness (QED) is 0.781. The van der Waals surface area contributed by atoms with Crippen molar-refractivity contribution < 1.29 is 17.5 Å². The second-order valence-corrected chi connectivity index (χ2v) is 8.84. The minimum absolute atomic E-state index is 0.0473. The highest BCUT2D eigenvalue weighted by Gasteiger charge is 2.19. The van der Waals surface area contributed by atoms with E-state index in [0.717, 1.165) is 25.9 Å². The fraction of sp³-hybridized carbons (Fsp3) is 0.368. The van der Waals surface area contributed by atoms with Gasteiger partial charge in [-0.05, 0) is 56.3 Å². The Balaban J connectivity index is 1.62. The van der Waals surface area contributed by atoms with Gasteiger partial charge in [-0.15, -0.1) is 0 Å². The number of rotatable bonds is 6. The van der Waals surface area contributed by atoms with E-state index in [4.69, 9.17) is 16.3 Å². The van der Waals surface area contributed by atoms with Crippen LogP contribution in [0.15, 0.2) is 42.5 Å². The first-order valence-corrected chi connectivity index (χ1v) is 10.7. The first-order valence-electron chi connectivity index (χ1n) is 8.71. The van der Waals surface area contributed by atoms with Crippen LogP contribution < -0.4 is 9.46 Å². The van der Waals surface area contributed by atoms with Crippen LogP contribution in [0.5, 0.6) is 5.75 Å². The molecule has 27 heavy (non-hydrogen) atoms. The number of ether oxygens (including phenoxy) is 1. The Labute approximate surface area is 164 Å². The maximum Gasteiger partial charge on any atom is 0.237 e. The first kappa shape index (κ1) is 19.9. The largest absolute Gasteiger partial charge is 0.490 e. The van der Waals surface area contributed by atoms with Gasteiger partial charge in [-0.3, -0.25) is 4.72 Å². The molecule has 1 aliphatic heterocycles. The molecule has 2 aromatic rings. The molecule has 0 atom stereocenters. The predicted molar refractivity (Wildman–Crippen MR) is 105 cm³/mol. The van der Waals surface area contributed by atoms with Gasteiger partial charge in [0.2, 0.25) is 10.0 Å². The van der Waals surface area contributed by atoms with Crippen molar-refractivity contribution in [1.29, 1.82) is 0 Å². The highest BCUT2D eigenvalue weighted by molar-refractivity contribution is 7.91. The van der Waals surface area contributed by atoms with Gasteiger partial charge < -0.3 is 9.64 Å². The number of likely N-dealkylation sites (tertiary alicyclic amines) is 1. The van der Waals surface area contributed by atoms with Crippen LogP contribution in [0.4, 0.5) is 10.1 Å². The summed E-state index contributed by atoms with van der Waals surface area (Å²) in [4.78, 5) is 2.26. The van der Waals surface area contributed by atoms with Crippen LogP contribution in [-0.2, 0) is 15.8 Å². The number of hydrogen-bond donors (Lipinski definition) is 1. The lowest BCUT2D eigenvalue weighted by Crippen LogP contribution is -2.35. The average molecular weight is 413 g/mol. The highest BCUT2D eigenvalue weighted by Crippen LogP contribution is 2.24. The Hall–Kier alpha value is -1.83. The molecule has 8 heteroatoms. The maximum atomic E-state index is 13.8. The van der Waals surface area contributed by atoms with Crippen LogP contribution in [0.25, 0.3) is 0 Å². The van der Waals surface area contributed by atoms with Crippen LogP contribution in [0.3, 0.4) is 0 Å². The summed E-state index contributed by atoms with van der Waals surface area (Å²) >= 11 is 5.91. The summed E-state index contributed by atoms with van der Waals surface area (Å²) in [5, 5.41) is 0.0854. The molecule has 0 aromatic heterocycles. The first-order chi connectivity index (χ1) is 12.8. The van der Waals surface area contributed by atoms with Crippen molar-refractivity contribution in [1.82, 2.24) is 4.90 Å². The zero-order chi connectivity index (χ0) is 19.4. The van der Waals surface area contributed by atoms with Crippen LogP contribution >= 0.6 is 11.6 Å². The van der Waals surface area contributed by atoms with Crippen molar-refractivity contribution in [2.75, 3.05) is 24.9 Å². The SMILES string of the molecule is CN1CCC(Oc2ccc(NS(=O)(=O)Cc3c(F)cccc3Cl)cc2)CC1. The number of nitrogens with zero attached hydrogens (tertiary/aromatic N) is 1. The smallest absolute Gasteiger partial charge is 0.237 e. The normalized spacial score (nSPS) is 16.3. The van der Waals surface area contributed by atoms with E-state index in [-0.39, 0.29) is 16.7 Å². The van der Waals surface area contributed by atoms with E-state index in [0.29, 0.717) is 11.4 Å². The topological polar surface area (TPSA) is 58.6 Å². The molecule has 5 nitrogen and oxygen atoms in total. The van der Waals surface area contributed by atoms with Gasteiger partial charge in [0, 0.05) is 29.4 Å². The van der Waals surface area contributed by atoms with E-state index in [1.165, 1.54) is 18.2 Å². The molecule has 146 valence electrons. The second-order valence-electron chi connectivity index (χ2n) is 6.71. The Morgan fingerprint density at radius 1 is 1.19 bits per heavy atom. The number of hydrogen-bond acceptors (Lipinski definition) is 4. The Bertz CT molecular complexity index is 862. The van der Waals surface area contributed by atoms with Gasteiger partial charge in [0.1, 0.15) is 17.7 Å².